The summed E-state index contributed by atoms with van der Waals surface area (Å²) in [6.07, 6.45) is 1.18. The van der Waals surface area contributed by atoms with Gasteiger partial charge in [0.15, 0.2) is 0 Å². The Balaban J connectivity index is 1.88. The van der Waals surface area contributed by atoms with Crippen LogP contribution >= 0.6 is 11.8 Å². The van der Waals surface area contributed by atoms with Crippen LogP contribution in [0.2, 0.25) is 0 Å². The van der Waals surface area contributed by atoms with E-state index >= 15 is 0 Å². The first-order valence-corrected chi connectivity index (χ1v) is 8.28. The van der Waals surface area contributed by atoms with Gasteiger partial charge in [-0.1, -0.05) is 49.4 Å². The first kappa shape index (κ1) is 15.1. The largest absolute Gasteiger partial charge is 0.310 e. The van der Waals surface area contributed by atoms with E-state index in [-0.39, 0.29) is 0 Å². The minimum Gasteiger partial charge on any atom is -0.310 e. The van der Waals surface area contributed by atoms with Gasteiger partial charge in [-0.2, -0.15) is 0 Å². The minimum absolute atomic E-state index is 0.433. The van der Waals surface area contributed by atoms with Crippen molar-refractivity contribution in [3.8, 4) is 0 Å². The lowest BCUT2D eigenvalue weighted by Crippen LogP contribution is -2.19. The predicted molar refractivity (Wildman–Crippen MR) is 89.2 cm³/mol. The van der Waals surface area contributed by atoms with Gasteiger partial charge in [0.25, 0.3) is 0 Å². The van der Waals surface area contributed by atoms with Crippen molar-refractivity contribution < 1.29 is 0 Å². The quantitative estimate of drug-likeness (QED) is 0.715. The molecule has 2 rings (SSSR count). The Hall–Kier alpha value is -1.25. The second kappa shape index (κ2) is 8.13. The van der Waals surface area contributed by atoms with Crippen LogP contribution in [0.5, 0.6) is 0 Å². The lowest BCUT2D eigenvalue weighted by Gasteiger charge is -2.14. The Labute approximate surface area is 126 Å². The van der Waals surface area contributed by atoms with Crippen LogP contribution in [0.4, 0.5) is 0 Å². The zero-order valence-electron chi connectivity index (χ0n) is 12.3. The summed E-state index contributed by atoms with van der Waals surface area (Å²) in [6.45, 7) is 5.50. The van der Waals surface area contributed by atoms with Crippen LogP contribution in [-0.2, 0) is 5.75 Å². The van der Waals surface area contributed by atoms with Gasteiger partial charge in [-0.25, -0.2) is 0 Å². The van der Waals surface area contributed by atoms with Crippen LogP contribution in [0.1, 0.15) is 37.4 Å². The third-order valence-corrected chi connectivity index (χ3v) is 4.41. The normalized spacial score (nSPS) is 12.3. The molecule has 2 aromatic carbocycles. The summed E-state index contributed by atoms with van der Waals surface area (Å²) >= 11 is 1.89. The van der Waals surface area contributed by atoms with E-state index in [2.05, 4.69) is 73.8 Å². The molecule has 0 bridgehead atoms. The number of thioether (sulfide) groups is 1. The van der Waals surface area contributed by atoms with Crippen LogP contribution < -0.4 is 5.32 Å². The van der Waals surface area contributed by atoms with E-state index in [4.69, 9.17) is 0 Å². The summed E-state index contributed by atoms with van der Waals surface area (Å²) in [5, 5.41) is 3.52. The first-order chi connectivity index (χ1) is 9.79. The maximum Gasteiger partial charge on any atom is 0.0291 e. The summed E-state index contributed by atoms with van der Waals surface area (Å²) in [6, 6.07) is 20.0. The van der Waals surface area contributed by atoms with Gasteiger partial charge in [0.05, 0.1) is 0 Å². The molecule has 0 saturated carbocycles. The number of nitrogens with one attached hydrogen (secondary N) is 1. The monoisotopic (exact) mass is 285 g/mol. The van der Waals surface area contributed by atoms with Crippen molar-refractivity contribution in [1.29, 1.82) is 0 Å². The number of rotatable bonds is 7. The van der Waals surface area contributed by atoms with Crippen LogP contribution in [-0.4, -0.2) is 6.54 Å². The summed E-state index contributed by atoms with van der Waals surface area (Å²) in [4.78, 5) is 1.33. The molecule has 0 fully saturated rings. The fourth-order valence-electron chi connectivity index (χ4n) is 2.07. The van der Waals surface area contributed by atoms with Crippen LogP contribution in [0.3, 0.4) is 0 Å². The molecule has 0 heterocycles. The first-order valence-electron chi connectivity index (χ1n) is 7.29. The van der Waals surface area contributed by atoms with Crippen LogP contribution in [0.25, 0.3) is 0 Å². The van der Waals surface area contributed by atoms with E-state index in [1.165, 1.54) is 22.4 Å². The van der Waals surface area contributed by atoms with Crippen molar-refractivity contribution in [3.05, 3.63) is 65.7 Å². The molecule has 1 atom stereocenters. The van der Waals surface area contributed by atoms with Crippen LogP contribution in [0.15, 0.2) is 59.5 Å². The molecule has 20 heavy (non-hydrogen) atoms. The summed E-state index contributed by atoms with van der Waals surface area (Å²) in [5.74, 6) is 1.03. The average molecular weight is 285 g/mol. The van der Waals surface area contributed by atoms with Gasteiger partial charge >= 0.3 is 0 Å². The Morgan fingerprint density at radius 1 is 1.00 bits per heavy atom. The van der Waals surface area contributed by atoms with E-state index in [9.17, 15) is 0 Å². The van der Waals surface area contributed by atoms with E-state index in [0.29, 0.717) is 6.04 Å². The molecule has 0 aliphatic rings. The highest BCUT2D eigenvalue weighted by Gasteiger charge is 2.04. The fraction of sp³-hybridized carbons (Fsp3) is 0.333. The standard InChI is InChI=1S/C18H23NS/c1-3-13-19-15(2)17-9-11-18(12-10-17)20-14-16-7-5-4-6-8-16/h4-12,15,19H,3,13-14H2,1-2H3. The second-order valence-corrected chi connectivity index (χ2v) is 6.07. The highest BCUT2D eigenvalue weighted by Crippen LogP contribution is 2.24. The van der Waals surface area contributed by atoms with Gasteiger partial charge in [0.2, 0.25) is 0 Å². The molecule has 0 aliphatic heterocycles. The highest BCUT2D eigenvalue weighted by atomic mass is 32.2. The topological polar surface area (TPSA) is 12.0 Å². The molecule has 0 aliphatic carbocycles. The molecule has 0 spiro atoms. The van der Waals surface area contributed by atoms with Gasteiger partial charge in [-0.3, -0.25) is 0 Å². The number of benzene rings is 2. The maximum absolute atomic E-state index is 3.52. The number of hydrogen-bond acceptors (Lipinski definition) is 2. The fourth-order valence-corrected chi connectivity index (χ4v) is 2.93. The molecule has 0 saturated heterocycles. The van der Waals surface area contributed by atoms with Crippen molar-refractivity contribution >= 4 is 11.8 Å². The molecule has 0 amide bonds. The molecule has 2 aromatic rings. The van der Waals surface area contributed by atoms with Crippen molar-refractivity contribution in [2.45, 2.75) is 37.0 Å². The van der Waals surface area contributed by atoms with Crippen LogP contribution in [0, 0.1) is 0 Å². The van der Waals surface area contributed by atoms with Crippen molar-refractivity contribution in [3.63, 3.8) is 0 Å². The Morgan fingerprint density at radius 3 is 2.35 bits per heavy atom. The van der Waals surface area contributed by atoms with Gasteiger partial charge in [0.1, 0.15) is 0 Å². The van der Waals surface area contributed by atoms with Gasteiger partial charge < -0.3 is 5.32 Å². The molecule has 0 radical (unpaired) electrons. The number of hydrogen-bond donors (Lipinski definition) is 1. The van der Waals surface area contributed by atoms with Crippen molar-refractivity contribution in [2.75, 3.05) is 6.54 Å². The van der Waals surface area contributed by atoms with Crippen molar-refractivity contribution in [1.82, 2.24) is 5.32 Å². The molecular formula is C18H23NS. The molecular weight excluding hydrogens is 262 g/mol. The van der Waals surface area contributed by atoms with E-state index in [0.717, 1.165) is 12.3 Å². The van der Waals surface area contributed by atoms with Gasteiger partial charge in [-0.05, 0) is 43.1 Å². The SMILES string of the molecule is CCCNC(C)c1ccc(SCc2ccccc2)cc1. The van der Waals surface area contributed by atoms with Crippen molar-refractivity contribution in [2.24, 2.45) is 0 Å². The zero-order chi connectivity index (χ0) is 14.2. The summed E-state index contributed by atoms with van der Waals surface area (Å²) in [7, 11) is 0. The lowest BCUT2D eigenvalue weighted by molar-refractivity contribution is 0.570. The van der Waals surface area contributed by atoms with E-state index in [1.807, 2.05) is 11.8 Å². The molecule has 1 N–H and O–H groups in total. The minimum atomic E-state index is 0.433. The third kappa shape index (κ3) is 4.69. The summed E-state index contributed by atoms with van der Waals surface area (Å²) < 4.78 is 0. The molecule has 106 valence electrons. The smallest absolute Gasteiger partial charge is 0.0291 e. The predicted octanol–water partition coefficient (Wildman–Crippen LogP) is 5.04. The third-order valence-electron chi connectivity index (χ3n) is 3.33. The Bertz CT molecular complexity index is 493. The van der Waals surface area contributed by atoms with E-state index < -0.39 is 0 Å². The molecule has 0 aromatic heterocycles. The lowest BCUT2D eigenvalue weighted by atomic mass is 10.1. The summed E-state index contributed by atoms with van der Waals surface area (Å²) in [5.41, 5.74) is 2.74. The average Bonchev–Trinajstić information content (AvgIpc) is 2.52. The van der Waals surface area contributed by atoms with Gasteiger partial charge in [0, 0.05) is 16.7 Å². The maximum atomic E-state index is 3.52. The van der Waals surface area contributed by atoms with E-state index in [1.54, 1.807) is 0 Å². The van der Waals surface area contributed by atoms with Gasteiger partial charge in [-0.15, -0.1) is 11.8 Å². The Kier molecular flexibility index (Phi) is 6.16. The molecule has 2 heteroatoms. The second-order valence-electron chi connectivity index (χ2n) is 5.02. The highest BCUT2D eigenvalue weighted by molar-refractivity contribution is 7.98. The molecule has 1 unspecified atom stereocenters. The Morgan fingerprint density at radius 2 is 1.70 bits per heavy atom. The zero-order valence-corrected chi connectivity index (χ0v) is 13.1. The molecule has 1 nitrogen and oxygen atoms in total.